The predicted molar refractivity (Wildman–Crippen MR) is 66.0 cm³/mol. The Labute approximate surface area is 100 Å². The van der Waals surface area contributed by atoms with Crippen molar-refractivity contribution in [2.24, 2.45) is 0 Å². The zero-order valence-electron chi connectivity index (χ0n) is 9.31. The van der Waals surface area contributed by atoms with Gasteiger partial charge in [-0.1, -0.05) is 0 Å². The summed E-state index contributed by atoms with van der Waals surface area (Å²) in [4.78, 5) is 0. The van der Waals surface area contributed by atoms with E-state index in [4.69, 9.17) is 14.7 Å². The molecule has 16 heavy (non-hydrogen) atoms. The summed E-state index contributed by atoms with van der Waals surface area (Å²) in [5.41, 5.74) is 0. The van der Waals surface area contributed by atoms with Gasteiger partial charge in [-0.2, -0.15) is 5.26 Å². The molecule has 0 N–H and O–H groups in total. The number of hydrogen-bond acceptors (Lipinski definition) is 4. The number of benzene rings is 1. The Kier molecular flexibility index (Phi) is 6.28. The van der Waals surface area contributed by atoms with Gasteiger partial charge in [0.25, 0.3) is 0 Å². The molecule has 0 aliphatic carbocycles. The van der Waals surface area contributed by atoms with Gasteiger partial charge in [0, 0.05) is 0 Å². The molecule has 0 spiro atoms. The van der Waals surface area contributed by atoms with Crippen molar-refractivity contribution in [3.63, 3.8) is 0 Å². The fraction of sp³-hybridized carbons (Fsp3) is 0.417. The lowest BCUT2D eigenvalue weighted by atomic mass is 10.3. The zero-order chi connectivity index (χ0) is 11.6. The lowest BCUT2D eigenvalue weighted by molar-refractivity contribution is 0.318. The number of rotatable bonds is 7. The quantitative estimate of drug-likeness (QED) is 0.684. The van der Waals surface area contributed by atoms with Crippen LogP contribution in [0.4, 0.5) is 0 Å². The molecule has 1 aromatic carbocycles. The fourth-order valence-corrected chi connectivity index (χ4v) is 1.70. The Hall–Kier alpha value is -1.34. The van der Waals surface area contributed by atoms with Crippen LogP contribution in [0, 0.1) is 11.3 Å². The highest BCUT2D eigenvalue weighted by Gasteiger charge is 1.95. The van der Waals surface area contributed by atoms with Crippen LogP contribution in [0.1, 0.15) is 6.42 Å². The van der Waals surface area contributed by atoms with Crippen molar-refractivity contribution in [1.82, 2.24) is 0 Å². The first-order chi connectivity index (χ1) is 7.86. The number of methoxy groups -OCH3 is 1. The minimum Gasteiger partial charge on any atom is -0.497 e. The Morgan fingerprint density at radius 3 is 2.56 bits per heavy atom. The molecule has 0 unspecified atom stereocenters. The molecule has 1 aromatic rings. The van der Waals surface area contributed by atoms with Crippen LogP contribution in [0.25, 0.3) is 0 Å². The first kappa shape index (κ1) is 12.7. The molecule has 0 amide bonds. The van der Waals surface area contributed by atoms with E-state index in [0.717, 1.165) is 23.7 Å². The molecule has 0 heterocycles. The Morgan fingerprint density at radius 2 is 1.94 bits per heavy atom. The average Bonchev–Trinajstić information content (AvgIpc) is 2.34. The topological polar surface area (TPSA) is 42.2 Å². The van der Waals surface area contributed by atoms with Crippen molar-refractivity contribution in [3.8, 4) is 17.6 Å². The summed E-state index contributed by atoms with van der Waals surface area (Å²) in [5.74, 6) is 3.20. The fourth-order valence-electron chi connectivity index (χ4n) is 1.14. The van der Waals surface area contributed by atoms with Gasteiger partial charge in [0.15, 0.2) is 0 Å². The van der Waals surface area contributed by atoms with E-state index < -0.39 is 0 Å². The third kappa shape index (κ3) is 4.94. The third-order valence-electron chi connectivity index (χ3n) is 1.93. The van der Waals surface area contributed by atoms with Gasteiger partial charge in [-0.25, -0.2) is 0 Å². The van der Waals surface area contributed by atoms with E-state index in [1.807, 2.05) is 24.3 Å². The molecule has 0 radical (unpaired) electrons. The van der Waals surface area contributed by atoms with Crippen molar-refractivity contribution in [3.05, 3.63) is 24.3 Å². The Morgan fingerprint density at radius 1 is 1.25 bits per heavy atom. The van der Waals surface area contributed by atoms with E-state index in [1.165, 1.54) is 0 Å². The Bertz CT molecular complexity index is 332. The maximum absolute atomic E-state index is 8.34. The highest BCUT2D eigenvalue weighted by atomic mass is 32.2. The first-order valence-electron chi connectivity index (χ1n) is 5.08. The zero-order valence-corrected chi connectivity index (χ0v) is 10.1. The molecule has 0 aromatic heterocycles. The smallest absolute Gasteiger partial charge is 0.119 e. The second-order valence-electron chi connectivity index (χ2n) is 3.09. The maximum atomic E-state index is 8.34. The van der Waals surface area contributed by atoms with Crippen LogP contribution in [0.5, 0.6) is 11.5 Å². The average molecular weight is 237 g/mol. The normalized spacial score (nSPS) is 9.50. The SMILES string of the molecule is COc1ccc(OCCCSCC#N)cc1. The van der Waals surface area contributed by atoms with Crippen LogP contribution in [0.2, 0.25) is 0 Å². The van der Waals surface area contributed by atoms with E-state index in [9.17, 15) is 0 Å². The standard InChI is InChI=1S/C12H15NO2S/c1-14-11-3-5-12(6-4-11)15-8-2-9-16-10-7-13/h3-6H,2,8-10H2,1H3. The second kappa shape index (κ2) is 7.89. The van der Waals surface area contributed by atoms with Gasteiger partial charge in [-0.3, -0.25) is 0 Å². The lowest BCUT2D eigenvalue weighted by Gasteiger charge is -2.06. The molecule has 0 atom stereocenters. The van der Waals surface area contributed by atoms with Gasteiger partial charge >= 0.3 is 0 Å². The van der Waals surface area contributed by atoms with Gasteiger partial charge < -0.3 is 9.47 Å². The van der Waals surface area contributed by atoms with E-state index in [0.29, 0.717) is 12.4 Å². The third-order valence-corrected chi connectivity index (χ3v) is 2.84. The summed E-state index contributed by atoms with van der Waals surface area (Å²) < 4.78 is 10.6. The van der Waals surface area contributed by atoms with Gasteiger partial charge in [0.2, 0.25) is 0 Å². The van der Waals surface area contributed by atoms with E-state index >= 15 is 0 Å². The summed E-state index contributed by atoms with van der Waals surface area (Å²) in [5, 5.41) is 8.34. The van der Waals surface area contributed by atoms with Crippen molar-refractivity contribution < 1.29 is 9.47 Å². The van der Waals surface area contributed by atoms with Crippen molar-refractivity contribution in [2.75, 3.05) is 25.2 Å². The number of hydrogen-bond donors (Lipinski definition) is 0. The summed E-state index contributed by atoms with van der Waals surface area (Å²) in [6.45, 7) is 0.685. The summed E-state index contributed by atoms with van der Waals surface area (Å²) in [7, 11) is 1.64. The molecule has 0 saturated carbocycles. The summed E-state index contributed by atoms with van der Waals surface area (Å²) in [6, 6.07) is 9.63. The predicted octanol–water partition coefficient (Wildman–Crippen LogP) is 2.72. The molecular formula is C12H15NO2S. The monoisotopic (exact) mass is 237 g/mol. The highest BCUT2D eigenvalue weighted by Crippen LogP contribution is 2.17. The molecule has 0 aliphatic heterocycles. The molecule has 3 nitrogen and oxygen atoms in total. The van der Waals surface area contributed by atoms with Crippen LogP contribution in [0.15, 0.2) is 24.3 Å². The highest BCUT2D eigenvalue weighted by molar-refractivity contribution is 7.99. The second-order valence-corrected chi connectivity index (χ2v) is 4.19. The molecule has 0 fully saturated rings. The largest absolute Gasteiger partial charge is 0.497 e. The summed E-state index contributed by atoms with van der Waals surface area (Å²) in [6.07, 6.45) is 0.957. The molecule has 86 valence electrons. The lowest BCUT2D eigenvalue weighted by Crippen LogP contribution is -1.98. The number of ether oxygens (including phenoxy) is 2. The molecule has 1 rings (SSSR count). The van der Waals surface area contributed by atoms with E-state index in [2.05, 4.69) is 6.07 Å². The molecule has 0 aliphatic rings. The maximum Gasteiger partial charge on any atom is 0.119 e. The number of thioether (sulfide) groups is 1. The summed E-state index contributed by atoms with van der Waals surface area (Å²) >= 11 is 1.63. The molecule has 0 bridgehead atoms. The van der Waals surface area contributed by atoms with Crippen LogP contribution < -0.4 is 9.47 Å². The van der Waals surface area contributed by atoms with E-state index in [-0.39, 0.29) is 0 Å². The van der Waals surface area contributed by atoms with Crippen molar-refractivity contribution in [2.45, 2.75) is 6.42 Å². The Balaban J connectivity index is 2.15. The molecule has 4 heteroatoms. The van der Waals surface area contributed by atoms with Crippen LogP contribution in [0.3, 0.4) is 0 Å². The van der Waals surface area contributed by atoms with Crippen molar-refractivity contribution >= 4 is 11.8 Å². The van der Waals surface area contributed by atoms with Crippen LogP contribution >= 0.6 is 11.8 Å². The minimum atomic E-state index is 0.558. The van der Waals surface area contributed by atoms with Gasteiger partial charge in [-0.05, 0) is 36.4 Å². The number of nitriles is 1. The van der Waals surface area contributed by atoms with Crippen LogP contribution in [-0.4, -0.2) is 25.2 Å². The van der Waals surface area contributed by atoms with Crippen LogP contribution in [-0.2, 0) is 0 Å². The van der Waals surface area contributed by atoms with Gasteiger partial charge in [0.1, 0.15) is 11.5 Å². The molecule has 0 saturated heterocycles. The van der Waals surface area contributed by atoms with E-state index in [1.54, 1.807) is 18.9 Å². The van der Waals surface area contributed by atoms with Crippen molar-refractivity contribution in [1.29, 1.82) is 5.26 Å². The minimum absolute atomic E-state index is 0.558. The number of nitrogens with zero attached hydrogens (tertiary/aromatic N) is 1. The first-order valence-corrected chi connectivity index (χ1v) is 6.24. The van der Waals surface area contributed by atoms with Gasteiger partial charge in [0.05, 0.1) is 25.5 Å². The molecular weight excluding hydrogens is 222 g/mol. The van der Waals surface area contributed by atoms with Gasteiger partial charge in [-0.15, -0.1) is 11.8 Å².